The highest BCUT2D eigenvalue weighted by atomic mass is 16.5. The molecule has 4 nitrogen and oxygen atoms in total. The average Bonchev–Trinajstić information content (AvgIpc) is 1.99. The van der Waals surface area contributed by atoms with Crippen LogP contribution in [0.1, 0.15) is 41.5 Å². The van der Waals surface area contributed by atoms with Crippen molar-refractivity contribution in [2.24, 2.45) is 0 Å². The standard InChI is InChI=1S/C12H23NO3/c1-9(2)13(10(3)4)11(14)16-8-7-12(5,6)15/h7-10,15H,1-6H3/b8-7+. The number of nitrogens with zero attached hydrogens (tertiary/aromatic N) is 1. The summed E-state index contributed by atoms with van der Waals surface area (Å²) in [5, 5.41) is 9.40. The van der Waals surface area contributed by atoms with Crippen molar-refractivity contribution in [3.05, 3.63) is 12.3 Å². The maximum absolute atomic E-state index is 11.7. The molecule has 0 aliphatic carbocycles. The molecule has 4 heteroatoms. The zero-order valence-electron chi connectivity index (χ0n) is 11.0. The number of carbonyl (C=O) groups is 1. The first kappa shape index (κ1) is 15.0. The molecule has 0 radical (unpaired) electrons. The normalized spacial score (nSPS) is 12.6. The molecule has 16 heavy (non-hydrogen) atoms. The van der Waals surface area contributed by atoms with Crippen molar-refractivity contribution in [2.45, 2.75) is 59.2 Å². The minimum atomic E-state index is -0.971. The summed E-state index contributed by atoms with van der Waals surface area (Å²) in [6.07, 6.45) is 2.27. The number of rotatable bonds is 4. The lowest BCUT2D eigenvalue weighted by Gasteiger charge is -2.29. The minimum Gasteiger partial charge on any atom is -0.418 e. The first-order valence-corrected chi connectivity index (χ1v) is 5.54. The van der Waals surface area contributed by atoms with Crippen LogP contribution in [0.15, 0.2) is 12.3 Å². The zero-order valence-corrected chi connectivity index (χ0v) is 11.0. The molecule has 0 bridgehead atoms. The van der Waals surface area contributed by atoms with Crippen LogP contribution >= 0.6 is 0 Å². The molecule has 0 unspecified atom stereocenters. The van der Waals surface area contributed by atoms with Crippen molar-refractivity contribution in [3.8, 4) is 0 Å². The molecule has 0 saturated carbocycles. The molecule has 0 aromatic carbocycles. The van der Waals surface area contributed by atoms with Gasteiger partial charge < -0.3 is 14.7 Å². The second kappa shape index (κ2) is 5.89. The van der Waals surface area contributed by atoms with Gasteiger partial charge >= 0.3 is 6.09 Å². The molecule has 0 fully saturated rings. The highest BCUT2D eigenvalue weighted by molar-refractivity contribution is 5.69. The fourth-order valence-electron chi connectivity index (χ4n) is 1.34. The molecule has 0 spiro atoms. The lowest BCUT2D eigenvalue weighted by Crippen LogP contribution is -2.41. The van der Waals surface area contributed by atoms with Gasteiger partial charge in [-0.25, -0.2) is 4.79 Å². The second-order valence-electron chi connectivity index (χ2n) is 4.93. The van der Waals surface area contributed by atoms with Gasteiger partial charge in [0.05, 0.1) is 11.9 Å². The third-order valence-corrected chi connectivity index (χ3v) is 1.97. The molecule has 0 atom stereocenters. The van der Waals surface area contributed by atoms with Crippen LogP contribution in [0.25, 0.3) is 0 Å². The van der Waals surface area contributed by atoms with Crippen LogP contribution in [0.4, 0.5) is 4.79 Å². The fraction of sp³-hybridized carbons (Fsp3) is 0.750. The van der Waals surface area contributed by atoms with Gasteiger partial charge in [0.25, 0.3) is 0 Å². The van der Waals surface area contributed by atoms with Crippen LogP contribution in [0.2, 0.25) is 0 Å². The number of hydrogen-bond acceptors (Lipinski definition) is 3. The van der Waals surface area contributed by atoms with E-state index < -0.39 is 11.7 Å². The Morgan fingerprint density at radius 3 is 2.00 bits per heavy atom. The third-order valence-electron chi connectivity index (χ3n) is 1.97. The number of amides is 1. The maximum atomic E-state index is 11.7. The molecule has 0 aromatic rings. The number of carbonyl (C=O) groups excluding carboxylic acids is 1. The van der Waals surface area contributed by atoms with E-state index in [1.165, 1.54) is 12.3 Å². The fourth-order valence-corrected chi connectivity index (χ4v) is 1.34. The maximum Gasteiger partial charge on any atom is 0.415 e. The molecule has 0 rings (SSSR count). The Morgan fingerprint density at radius 1 is 1.25 bits per heavy atom. The van der Waals surface area contributed by atoms with E-state index in [1.807, 2.05) is 27.7 Å². The van der Waals surface area contributed by atoms with Crippen LogP contribution in [0.5, 0.6) is 0 Å². The summed E-state index contributed by atoms with van der Waals surface area (Å²) in [4.78, 5) is 13.3. The molecule has 1 amide bonds. The van der Waals surface area contributed by atoms with E-state index in [9.17, 15) is 9.90 Å². The number of hydrogen-bond donors (Lipinski definition) is 1. The van der Waals surface area contributed by atoms with Crippen molar-refractivity contribution in [1.29, 1.82) is 0 Å². The van der Waals surface area contributed by atoms with Gasteiger partial charge in [-0.15, -0.1) is 0 Å². The van der Waals surface area contributed by atoms with Crippen molar-refractivity contribution >= 4 is 6.09 Å². The van der Waals surface area contributed by atoms with E-state index >= 15 is 0 Å². The highest BCUT2D eigenvalue weighted by Crippen LogP contribution is 2.08. The summed E-state index contributed by atoms with van der Waals surface area (Å²) in [7, 11) is 0. The van der Waals surface area contributed by atoms with Crippen molar-refractivity contribution in [3.63, 3.8) is 0 Å². The van der Waals surface area contributed by atoms with Crippen molar-refractivity contribution < 1.29 is 14.6 Å². The van der Waals surface area contributed by atoms with Gasteiger partial charge in [0.1, 0.15) is 0 Å². The monoisotopic (exact) mass is 229 g/mol. The number of aliphatic hydroxyl groups is 1. The molecule has 0 aliphatic heterocycles. The Bertz CT molecular complexity index is 243. The summed E-state index contributed by atoms with van der Waals surface area (Å²) in [6.45, 7) is 10.9. The lowest BCUT2D eigenvalue weighted by atomic mass is 10.1. The second-order valence-corrected chi connectivity index (χ2v) is 4.93. The molecular weight excluding hydrogens is 206 g/mol. The first-order chi connectivity index (χ1) is 7.15. The summed E-state index contributed by atoms with van der Waals surface area (Å²) in [6, 6.07) is 0.172. The summed E-state index contributed by atoms with van der Waals surface area (Å²) < 4.78 is 4.95. The van der Waals surface area contributed by atoms with Crippen molar-refractivity contribution in [2.75, 3.05) is 0 Å². The average molecular weight is 229 g/mol. The Kier molecular flexibility index (Phi) is 5.51. The van der Waals surface area contributed by atoms with Crippen molar-refractivity contribution in [1.82, 2.24) is 4.90 Å². The Hall–Kier alpha value is -1.03. The molecule has 0 aromatic heterocycles. The molecule has 1 N–H and O–H groups in total. The highest BCUT2D eigenvalue weighted by Gasteiger charge is 2.20. The summed E-state index contributed by atoms with van der Waals surface area (Å²) >= 11 is 0. The smallest absolute Gasteiger partial charge is 0.415 e. The van der Waals surface area contributed by atoms with E-state index in [0.717, 1.165) is 0 Å². The molecule has 0 heterocycles. The largest absolute Gasteiger partial charge is 0.418 e. The quantitative estimate of drug-likeness (QED) is 0.754. The van der Waals surface area contributed by atoms with Crippen LogP contribution in [-0.2, 0) is 4.74 Å². The first-order valence-electron chi connectivity index (χ1n) is 5.54. The van der Waals surface area contributed by atoms with Gasteiger partial charge in [0, 0.05) is 12.1 Å². The van der Waals surface area contributed by atoms with Crippen LogP contribution in [0.3, 0.4) is 0 Å². The summed E-state index contributed by atoms with van der Waals surface area (Å²) in [5.41, 5.74) is -0.971. The van der Waals surface area contributed by atoms with E-state index in [-0.39, 0.29) is 12.1 Å². The SMILES string of the molecule is CC(C)N(C(=O)O/C=C/C(C)(C)O)C(C)C. The van der Waals surface area contributed by atoms with E-state index in [0.29, 0.717) is 0 Å². The van der Waals surface area contributed by atoms with Gasteiger partial charge in [0.2, 0.25) is 0 Å². The van der Waals surface area contributed by atoms with Gasteiger partial charge in [-0.1, -0.05) is 0 Å². The third kappa shape index (κ3) is 5.75. The molecule has 94 valence electrons. The Morgan fingerprint density at radius 2 is 1.69 bits per heavy atom. The van der Waals surface area contributed by atoms with E-state index in [2.05, 4.69) is 0 Å². The predicted molar refractivity (Wildman–Crippen MR) is 64.0 cm³/mol. The zero-order chi connectivity index (χ0) is 12.9. The van der Waals surface area contributed by atoms with Crippen LogP contribution < -0.4 is 0 Å². The summed E-state index contributed by atoms with van der Waals surface area (Å²) in [5.74, 6) is 0. The Labute approximate surface area is 97.9 Å². The lowest BCUT2D eigenvalue weighted by molar-refractivity contribution is 0.104. The Balaban J connectivity index is 4.39. The predicted octanol–water partition coefficient (Wildman–Crippen LogP) is 2.53. The van der Waals surface area contributed by atoms with Gasteiger partial charge in [-0.05, 0) is 47.6 Å². The number of ether oxygens (including phenoxy) is 1. The van der Waals surface area contributed by atoms with E-state index in [4.69, 9.17) is 4.74 Å². The van der Waals surface area contributed by atoms with Gasteiger partial charge in [0.15, 0.2) is 0 Å². The van der Waals surface area contributed by atoms with Gasteiger partial charge in [-0.3, -0.25) is 0 Å². The van der Waals surface area contributed by atoms with Gasteiger partial charge in [-0.2, -0.15) is 0 Å². The van der Waals surface area contributed by atoms with Crippen LogP contribution in [-0.4, -0.2) is 33.8 Å². The van der Waals surface area contributed by atoms with Crippen LogP contribution in [0, 0.1) is 0 Å². The molecule has 0 aliphatic rings. The molecule has 0 saturated heterocycles. The minimum absolute atomic E-state index is 0.0861. The topological polar surface area (TPSA) is 49.8 Å². The van der Waals surface area contributed by atoms with E-state index in [1.54, 1.807) is 18.7 Å². The molecular formula is C12H23NO3.